The molecule has 1 unspecified atom stereocenters. The first kappa shape index (κ1) is 14.0. The minimum Gasteiger partial charge on any atom is -0.480 e. The predicted molar refractivity (Wildman–Crippen MR) is 64.8 cm³/mol. The Morgan fingerprint density at radius 1 is 1.29 bits per heavy atom. The largest absolute Gasteiger partial charge is 0.480 e. The summed E-state index contributed by atoms with van der Waals surface area (Å²) in [5.41, 5.74) is -1.03. The smallest absolute Gasteiger partial charge is 0.323 e. The fourth-order valence-corrected chi connectivity index (χ4v) is 2.00. The van der Waals surface area contributed by atoms with Crippen molar-refractivity contribution in [2.75, 3.05) is 20.1 Å². The Balaban J connectivity index is 2.71. The number of carbonyl (C=O) groups is 2. The lowest BCUT2D eigenvalue weighted by atomic mass is 10.0. The van der Waals surface area contributed by atoms with Crippen molar-refractivity contribution in [2.24, 2.45) is 0 Å². The van der Waals surface area contributed by atoms with Crippen LogP contribution >= 0.6 is 0 Å². The van der Waals surface area contributed by atoms with Crippen molar-refractivity contribution >= 4 is 11.9 Å². The minimum absolute atomic E-state index is 0.0272. The van der Waals surface area contributed by atoms with Gasteiger partial charge in [0, 0.05) is 13.1 Å². The Kier molecular flexibility index (Phi) is 4.14. The number of amides is 1. The Bertz CT molecular complexity index is 309. The zero-order chi connectivity index (χ0) is 13.2. The summed E-state index contributed by atoms with van der Waals surface area (Å²) in [6.45, 7) is 6.59. The first-order chi connectivity index (χ1) is 7.78. The second-order valence-electron chi connectivity index (χ2n) is 5.18. The Hall–Kier alpha value is -1.10. The number of likely N-dealkylation sites (N-methyl/N-ethyl adjacent to an activating group) is 1. The number of nitrogens with zero attached hydrogens (tertiary/aromatic N) is 2. The molecule has 5 nitrogen and oxygen atoms in total. The van der Waals surface area contributed by atoms with Crippen molar-refractivity contribution in [3.8, 4) is 0 Å². The first-order valence-electron chi connectivity index (χ1n) is 6.03. The molecule has 1 aliphatic heterocycles. The van der Waals surface area contributed by atoms with Gasteiger partial charge in [-0.3, -0.25) is 14.5 Å². The molecule has 0 spiro atoms. The maximum atomic E-state index is 12.1. The Morgan fingerprint density at radius 3 is 2.18 bits per heavy atom. The van der Waals surface area contributed by atoms with Crippen LogP contribution in [0.3, 0.4) is 0 Å². The van der Waals surface area contributed by atoms with E-state index in [4.69, 9.17) is 5.11 Å². The molecule has 1 atom stereocenters. The molecule has 1 amide bonds. The molecule has 1 saturated heterocycles. The zero-order valence-electron chi connectivity index (χ0n) is 11.1. The Morgan fingerprint density at radius 2 is 1.76 bits per heavy atom. The van der Waals surface area contributed by atoms with Gasteiger partial charge in [-0.2, -0.15) is 0 Å². The van der Waals surface area contributed by atoms with Gasteiger partial charge >= 0.3 is 5.97 Å². The van der Waals surface area contributed by atoms with Gasteiger partial charge in [0.25, 0.3) is 0 Å². The third-order valence-corrected chi connectivity index (χ3v) is 3.76. The molecule has 0 aromatic heterocycles. The third-order valence-electron chi connectivity index (χ3n) is 3.76. The molecular weight excluding hydrogens is 220 g/mol. The lowest BCUT2D eigenvalue weighted by molar-refractivity contribution is -0.152. The summed E-state index contributed by atoms with van der Waals surface area (Å²) < 4.78 is 0. The number of hydrogen-bond acceptors (Lipinski definition) is 3. The quantitative estimate of drug-likeness (QED) is 0.792. The number of aliphatic carboxylic acids is 1. The van der Waals surface area contributed by atoms with Gasteiger partial charge in [-0.05, 0) is 40.7 Å². The normalized spacial score (nSPS) is 18.5. The highest BCUT2D eigenvalue weighted by Crippen LogP contribution is 2.18. The number of hydrogen-bond donors (Lipinski definition) is 1. The van der Waals surface area contributed by atoms with Crippen LogP contribution < -0.4 is 0 Å². The summed E-state index contributed by atoms with van der Waals surface area (Å²) >= 11 is 0. The number of likely N-dealkylation sites (tertiary alicyclic amines) is 1. The zero-order valence-corrected chi connectivity index (χ0v) is 11.1. The van der Waals surface area contributed by atoms with Gasteiger partial charge in [-0.25, -0.2) is 0 Å². The van der Waals surface area contributed by atoms with E-state index in [1.165, 1.54) is 0 Å². The van der Waals surface area contributed by atoms with Gasteiger partial charge in [0.15, 0.2) is 0 Å². The van der Waals surface area contributed by atoms with Crippen LogP contribution in [-0.4, -0.2) is 58.5 Å². The van der Waals surface area contributed by atoms with Crippen molar-refractivity contribution in [1.29, 1.82) is 0 Å². The molecule has 0 saturated carbocycles. The van der Waals surface area contributed by atoms with Crippen molar-refractivity contribution in [3.05, 3.63) is 0 Å². The number of carbonyl (C=O) groups excluding carboxylic acids is 1. The highest BCUT2D eigenvalue weighted by atomic mass is 16.4. The summed E-state index contributed by atoms with van der Waals surface area (Å²) in [5, 5.41) is 9.14. The van der Waals surface area contributed by atoms with E-state index in [0.29, 0.717) is 0 Å². The second kappa shape index (κ2) is 5.04. The SMILES string of the molecule is CC(C(=O)N1CCCC1)N(C)C(C)(C)C(=O)O. The molecular formula is C12H22N2O3. The van der Waals surface area contributed by atoms with Crippen LogP contribution in [0.5, 0.6) is 0 Å². The van der Waals surface area contributed by atoms with Gasteiger partial charge < -0.3 is 10.0 Å². The average Bonchev–Trinajstić information content (AvgIpc) is 2.79. The second-order valence-corrected chi connectivity index (χ2v) is 5.18. The Labute approximate surface area is 102 Å². The van der Waals surface area contributed by atoms with Crippen LogP contribution in [0.25, 0.3) is 0 Å². The molecule has 17 heavy (non-hydrogen) atoms. The summed E-state index contributed by atoms with van der Waals surface area (Å²) in [6.07, 6.45) is 2.09. The van der Waals surface area contributed by atoms with E-state index in [1.807, 2.05) is 4.90 Å². The number of rotatable bonds is 4. The molecule has 0 aliphatic carbocycles. The number of carboxylic acid groups (broad SMARTS) is 1. The van der Waals surface area contributed by atoms with E-state index >= 15 is 0 Å². The monoisotopic (exact) mass is 242 g/mol. The standard InChI is InChI=1S/C12H22N2O3/c1-9(10(15)14-7-5-6-8-14)13(4)12(2,3)11(16)17/h9H,5-8H2,1-4H3,(H,16,17). The fourth-order valence-electron chi connectivity index (χ4n) is 2.00. The van der Waals surface area contributed by atoms with E-state index in [1.54, 1.807) is 32.7 Å². The van der Waals surface area contributed by atoms with E-state index in [-0.39, 0.29) is 5.91 Å². The molecule has 0 aromatic rings. The third kappa shape index (κ3) is 2.77. The first-order valence-corrected chi connectivity index (χ1v) is 6.03. The maximum Gasteiger partial charge on any atom is 0.323 e. The fraction of sp³-hybridized carbons (Fsp3) is 0.833. The summed E-state index contributed by atoms with van der Waals surface area (Å²) in [7, 11) is 1.69. The van der Waals surface area contributed by atoms with Gasteiger partial charge in [0.1, 0.15) is 5.54 Å². The maximum absolute atomic E-state index is 12.1. The summed E-state index contributed by atoms with van der Waals surface area (Å²) in [5.74, 6) is -0.889. The highest BCUT2D eigenvalue weighted by molar-refractivity contribution is 5.84. The molecule has 1 rings (SSSR count). The van der Waals surface area contributed by atoms with E-state index in [2.05, 4.69) is 0 Å². The predicted octanol–water partition coefficient (Wildman–Crippen LogP) is 0.792. The van der Waals surface area contributed by atoms with Crippen molar-refractivity contribution in [2.45, 2.75) is 45.2 Å². The van der Waals surface area contributed by atoms with Crippen LogP contribution in [0.2, 0.25) is 0 Å². The minimum atomic E-state index is -1.03. The van der Waals surface area contributed by atoms with Gasteiger partial charge in [0.2, 0.25) is 5.91 Å². The summed E-state index contributed by atoms with van der Waals surface area (Å²) in [6, 6.07) is -0.404. The molecule has 0 radical (unpaired) electrons. The lowest BCUT2D eigenvalue weighted by Crippen LogP contribution is -2.56. The van der Waals surface area contributed by atoms with Gasteiger partial charge in [-0.15, -0.1) is 0 Å². The highest BCUT2D eigenvalue weighted by Gasteiger charge is 2.38. The molecule has 1 N–H and O–H groups in total. The van der Waals surface area contributed by atoms with Crippen molar-refractivity contribution in [1.82, 2.24) is 9.80 Å². The number of carboxylic acids is 1. The van der Waals surface area contributed by atoms with Gasteiger partial charge in [-0.1, -0.05) is 0 Å². The average molecular weight is 242 g/mol. The van der Waals surface area contributed by atoms with Crippen LogP contribution in [0.15, 0.2) is 0 Å². The molecule has 1 aliphatic rings. The molecule has 5 heteroatoms. The van der Waals surface area contributed by atoms with Crippen LogP contribution in [0.1, 0.15) is 33.6 Å². The van der Waals surface area contributed by atoms with E-state index < -0.39 is 17.6 Å². The molecule has 0 aromatic carbocycles. The van der Waals surface area contributed by atoms with Gasteiger partial charge in [0.05, 0.1) is 6.04 Å². The molecule has 1 fully saturated rings. The lowest BCUT2D eigenvalue weighted by Gasteiger charge is -2.37. The van der Waals surface area contributed by atoms with Crippen molar-refractivity contribution in [3.63, 3.8) is 0 Å². The summed E-state index contributed by atoms with van der Waals surface area (Å²) in [4.78, 5) is 26.7. The molecule has 0 bridgehead atoms. The van der Waals surface area contributed by atoms with Crippen molar-refractivity contribution < 1.29 is 14.7 Å². The van der Waals surface area contributed by atoms with E-state index in [0.717, 1.165) is 25.9 Å². The topological polar surface area (TPSA) is 60.9 Å². The molecule has 98 valence electrons. The molecule has 1 heterocycles. The van der Waals surface area contributed by atoms with E-state index in [9.17, 15) is 9.59 Å². The van der Waals surface area contributed by atoms with Crippen LogP contribution in [0.4, 0.5) is 0 Å². The van der Waals surface area contributed by atoms with Crippen LogP contribution in [0, 0.1) is 0 Å². The van der Waals surface area contributed by atoms with Crippen LogP contribution in [-0.2, 0) is 9.59 Å².